The Morgan fingerprint density at radius 3 is 2.35 bits per heavy atom. The topological polar surface area (TPSA) is 349 Å². The van der Waals surface area contributed by atoms with Gasteiger partial charge in [-0.15, -0.1) is 0 Å². The fourth-order valence-corrected chi connectivity index (χ4v) is 12.8. The van der Waals surface area contributed by atoms with E-state index in [-0.39, 0.29) is 109 Å². The fourth-order valence-electron chi connectivity index (χ4n) is 11.7. The molecule has 7 amide bonds. The van der Waals surface area contributed by atoms with Crippen molar-refractivity contribution in [1.82, 2.24) is 39.9 Å². The van der Waals surface area contributed by atoms with E-state index in [2.05, 4.69) is 20.9 Å². The number of fused-ring (bicyclic) bond motifs is 3. The number of hydrogen-bond acceptors (Lipinski definition) is 13. The van der Waals surface area contributed by atoms with Crippen LogP contribution >= 0.6 is 7.60 Å². The number of rotatable bonds is 18. The number of amides is 7. The van der Waals surface area contributed by atoms with Gasteiger partial charge in [-0.3, -0.25) is 57.4 Å². The number of nitrogens with zero attached hydrogens (tertiary/aromatic N) is 4. The van der Waals surface area contributed by atoms with Crippen molar-refractivity contribution >= 4 is 86.2 Å². The van der Waals surface area contributed by atoms with Gasteiger partial charge >= 0.3 is 13.3 Å². The highest BCUT2D eigenvalue weighted by atomic mass is 32.2. The Morgan fingerprint density at radius 1 is 0.887 bits per heavy atom. The molecule has 24 nitrogen and oxygen atoms in total. The number of sulfone groups is 1. The molecule has 4 fully saturated rings. The van der Waals surface area contributed by atoms with Crippen molar-refractivity contribution in [2.45, 2.75) is 119 Å². The first-order valence-electron chi connectivity index (χ1n) is 26.6. The molecule has 5 atom stereocenters. The van der Waals surface area contributed by atoms with E-state index in [1.54, 1.807) is 18.0 Å². The number of carbonyl (C=O) groups is 8. The molecule has 0 bridgehead atoms. The predicted octanol–water partition coefficient (Wildman–Crippen LogP) is 2.48. The number of nitrogens with two attached hydrogens (primary N) is 1. The summed E-state index contributed by atoms with van der Waals surface area (Å²) in [5.74, 6) is -3.17. The highest BCUT2D eigenvalue weighted by Gasteiger charge is 2.46. The van der Waals surface area contributed by atoms with E-state index in [9.17, 15) is 61.1 Å². The summed E-state index contributed by atoms with van der Waals surface area (Å²) in [7, 11) is -7.04. The standard InChI is InChI=1S/C54H64N9O15PS/c1-60-45-23-32(10-15-42(45)63(54(60)72)44-17-19-47(65)59-51(44)69)22-30-6-8-31(9-7-30)24-48(66)61-21-20-36-13-16-43(50(68)56-35(12-18-46(55)64)29-78-37-4-3-5-38(27-37)80(2,76)77)62(36)52(70)41(28-61)58-49(67)40-26-34-25-33(11-14-39(34)57-40)53(71)79(73,74)75/h3-5,10-11,14-15,23,25-27,30-31,35-36,41,43-44,57H,6-9,12-13,16-22,24,28-29H2,1-2H3,(H2,55,64)(H,56,68)(H,58,67)(H,59,65,69)(H2,73,74,75)/t30?,31?,35-,36+,41-,43-,44?/m0/s1. The summed E-state index contributed by atoms with van der Waals surface area (Å²) in [5, 5.41) is 8.30. The monoisotopic (exact) mass is 1140 g/mol. The van der Waals surface area contributed by atoms with Gasteiger partial charge in [-0.25, -0.2) is 13.2 Å². The Balaban J connectivity index is 0.891. The molecule has 80 heavy (non-hydrogen) atoms. The number of piperidine rings is 1. The number of H-pyrrole nitrogens is 1. The third kappa shape index (κ3) is 12.8. The maximum Gasteiger partial charge on any atom is 0.396 e. The summed E-state index contributed by atoms with van der Waals surface area (Å²) in [6.45, 7) is -0.225. The molecule has 1 saturated carbocycles. The normalized spacial score (nSPS) is 22.3. The quantitative estimate of drug-likeness (QED) is 0.0490. The smallest absolute Gasteiger partial charge is 0.396 e. The van der Waals surface area contributed by atoms with Gasteiger partial charge in [0.15, 0.2) is 9.84 Å². The van der Waals surface area contributed by atoms with Gasteiger partial charge in [0.2, 0.25) is 35.4 Å². The van der Waals surface area contributed by atoms with Crippen molar-refractivity contribution in [2.75, 3.05) is 26.0 Å². The first-order valence-corrected chi connectivity index (χ1v) is 30.1. The number of primary amides is 1. The third-order valence-corrected chi connectivity index (χ3v) is 17.8. The fraction of sp³-hybridized carbons (Fsp3) is 0.463. The molecule has 4 aliphatic rings. The molecule has 3 aliphatic heterocycles. The van der Waals surface area contributed by atoms with E-state index >= 15 is 4.79 Å². The molecule has 426 valence electrons. The molecular formula is C54H64N9O15PS. The maximum atomic E-state index is 15.0. The van der Waals surface area contributed by atoms with Crippen molar-refractivity contribution in [1.29, 1.82) is 0 Å². The predicted molar refractivity (Wildman–Crippen MR) is 289 cm³/mol. The molecule has 9 rings (SSSR count). The van der Waals surface area contributed by atoms with E-state index in [0.717, 1.165) is 43.9 Å². The second kappa shape index (κ2) is 23.3. The molecule has 2 aromatic heterocycles. The molecule has 3 aromatic carbocycles. The van der Waals surface area contributed by atoms with Crippen molar-refractivity contribution in [3.05, 3.63) is 94.0 Å². The Labute approximate surface area is 459 Å². The average Bonchev–Trinajstić information content (AvgIpc) is 4.11. The summed E-state index contributed by atoms with van der Waals surface area (Å²) >= 11 is 0. The zero-order valence-corrected chi connectivity index (χ0v) is 45.8. The third-order valence-electron chi connectivity index (χ3n) is 15.9. The van der Waals surface area contributed by atoms with E-state index in [1.165, 1.54) is 56.5 Å². The van der Waals surface area contributed by atoms with Crippen LogP contribution in [0.5, 0.6) is 5.75 Å². The van der Waals surface area contributed by atoms with Gasteiger partial charge in [0, 0.05) is 68.2 Å². The van der Waals surface area contributed by atoms with Crippen LogP contribution in [0, 0.1) is 11.8 Å². The van der Waals surface area contributed by atoms with Gasteiger partial charge in [-0.05, 0) is 136 Å². The first-order chi connectivity index (χ1) is 37.9. The lowest BCUT2D eigenvalue weighted by Crippen LogP contribution is -2.61. The number of carbonyl (C=O) groups excluding carboxylic acids is 8. The maximum absolute atomic E-state index is 15.0. The molecule has 8 N–H and O–H groups in total. The minimum atomic E-state index is -5.12. The number of ether oxygens (including phenoxy) is 1. The van der Waals surface area contributed by atoms with Crippen LogP contribution in [-0.4, -0.2) is 139 Å². The molecule has 3 saturated heterocycles. The van der Waals surface area contributed by atoms with Crippen molar-refractivity contribution in [3.8, 4) is 5.75 Å². The summed E-state index contributed by atoms with van der Waals surface area (Å²) in [6, 6.07) is 12.2. The Bertz CT molecular complexity index is 3540. The van der Waals surface area contributed by atoms with Gasteiger partial charge in [-0.1, -0.05) is 12.1 Å². The lowest BCUT2D eigenvalue weighted by molar-refractivity contribution is -0.145. The van der Waals surface area contributed by atoms with Crippen LogP contribution in [0.25, 0.3) is 21.9 Å². The number of aromatic nitrogens is 3. The molecule has 0 spiro atoms. The summed E-state index contributed by atoms with van der Waals surface area (Å²) in [4.78, 5) is 145. The number of benzene rings is 3. The van der Waals surface area contributed by atoms with Gasteiger partial charge in [-0.2, -0.15) is 0 Å². The van der Waals surface area contributed by atoms with Crippen molar-refractivity contribution in [3.63, 3.8) is 0 Å². The van der Waals surface area contributed by atoms with E-state index < -0.39 is 82.7 Å². The van der Waals surface area contributed by atoms with Crippen LogP contribution in [0.2, 0.25) is 0 Å². The van der Waals surface area contributed by atoms with Gasteiger partial charge in [0.05, 0.1) is 22.0 Å². The van der Waals surface area contributed by atoms with E-state index in [4.69, 9.17) is 10.5 Å². The summed E-state index contributed by atoms with van der Waals surface area (Å²) < 4.78 is 45.0. The summed E-state index contributed by atoms with van der Waals surface area (Å²) in [6.07, 6.45) is 6.35. The molecule has 26 heteroatoms. The molecular weight excluding hydrogens is 1080 g/mol. The van der Waals surface area contributed by atoms with E-state index in [1.807, 2.05) is 18.2 Å². The lowest BCUT2D eigenvalue weighted by atomic mass is 9.78. The molecule has 5 aromatic rings. The highest BCUT2D eigenvalue weighted by Crippen LogP contribution is 2.40. The second-order valence-corrected chi connectivity index (χ2v) is 25.1. The second-order valence-electron chi connectivity index (χ2n) is 21.5. The number of hydrogen-bond donors (Lipinski definition) is 7. The van der Waals surface area contributed by atoms with Crippen LogP contribution in [0.4, 0.5) is 0 Å². The van der Waals surface area contributed by atoms with Crippen LogP contribution in [0.15, 0.2) is 76.4 Å². The van der Waals surface area contributed by atoms with Gasteiger partial charge in [0.25, 0.3) is 11.4 Å². The minimum absolute atomic E-state index is 0.0147. The molecule has 0 radical (unpaired) electrons. The Morgan fingerprint density at radius 2 is 1.64 bits per heavy atom. The highest BCUT2D eigenvalue weighted by molar-refractivity contribution is 7.90. The molecule has 1 unspecified atom stereocenters. The SMILES string of the molecule is Cn1c(=O)n(C2CCC(=O)NC2=O)c2ccc(CC3CCC(CC(=O)N4CC[C@H]5CC[C@@H](C(=O)N[C@@H](CCC(N)=O)COc6cccc(S(C)(=O)=O)c6)N5C(=O)[C@@H](NC(=O)c5cc6cc(C(=O)P(=O)(O)O)ccc6[nH]5)C4)CC3)cc21. The number of aryl methyl sites for hydroxylation is 1. The van der Waals surface area contributed by atoms with E-state index in [0.29, 0.717) is 35.3 Å². The average molecular weight is 1140 g/mol. The van der Waals surface area contributed by atoms with Crippen molar-refractivity contribution < 1.29 is 65.9 Å². The van der Waals surface area contributed by atoms with Crippen molar-refractivity contribution in [2.24, 2.45) is 24.6 Å². The lowest BCUT2D eigenvalue weighted by Gasteiger charge is -2.39. The molecule has 1 aliphatic carbocycles. The Kier molecular flexibility index (Phi) is 16.7. The Hall–Kier alpha value is -7.47. The number of imidazole rings is 1. The largest absolute Gasteiger partial charge is 0.491 e. The number of nitrogens with one attached hydrogen (secondary N) is 4. The van der Waals surface area contributed by atoms with Crippen LogP contribution in [-0.2, 0) is 56.6 Å². The van der Waals surface area contributed by atoms with Gasteiger partial charge < -0.3 is 45.7 Å². The number of aromatic amines is 1. The van der Waals surface area contributed by atoms with Crippen LogP contribution < -0.4 is 32.1 Å². The van der Waals surface area contributed by atoms with Gasteiger partial charge in [0.1, 0.15) is 36.2 Å². The zero-order chi connectivity index (χ0) is 57.4. The minimum Gasteiger partial charge on any atom is -0.491 e. The van der Waals surface area contributed by atoms with Crippen LogP contribution in [0.1, 0.15) is 110 Å². The number of imide groups is 1. The molecule has 5 heterocycles. The summed E-state index contributed by atoms with van der Waals surface area (Å²) in [5.41, 5.74) is 6.03. The first kappa shape index (κ1) is 57.2. The van der Waals surface area contributed by atoms with Crippen LogP contribution in [0.3, 0.4) is 0 Å². The zero-order valence-electron chi connectivity index (χ0n) is 44.1.